The molecule has 2 unspecified atom stereocenters. The quantitative estimate of drug-likeness (QED) is 0.555. The first-order valence-electron chi connectivity index (χ1n) is 12.3. The zero-order valence-electron chi connectivity index (χ0n) is 21.1. The minimum atomic E-state index is -1.06. The molecule has 5 nitrogen and oxygen atoms in total. The summed E-state index contributed by atoms with van der Waals surface area (Å²) in [6.07, 6.45) is 14.1. The van der Waals surface area contributed by atoms with Crippen molar-refractivity contribution in [3.8, 4) is 5.75 Å². The Morgan fingerprint density at radius 1 is 1.31 bits per heavy atom. The lowest BCUT2D eigenvalue weighted by Crippen LogP contribution is -2.25. The standard InChI is InChI=1S/C30H33FN2O3/c1-19-7-8-24(33-29(34)22-6-5-12-30(3,35)13-11-22)16-26-27(36-4)10-9-25(28(19)26)23-15-21(14-20(2)31)17-32-18-23/h6-10,14-16,18,20,35H,1,5,11-13,17H2,2-4H3,(H,33,34)/b21-14+. The molecule has 0 bridgehead atoms. The molecule has 1 aromatic rings. The van der Waals surface area contributed by atoms with Gasteiger partial charge in [-0.25, -0.2) is 4.39 Å². The van der Waals surface area contributed by atoms with Crippen LogP contribution in [0.4, 0.5) is 4.39 Å². The fourth-order valence-electron chi connectivity index (χ4n) is 4.74. The Morgan fingerprint density at radius 2 is 2.11 bits per heavy atom. The maximum absolute atomic E-state index is 13.6. The number of dihydropyridines is 1. The van der Waals surface area contributed by atoms with Crippen molar-refractivity contribution in [2.24, 2.45) is 4.99 Å². The molecule has 2 N–H and O–H groups in total. The van der Waals surface area contributed by atoms with Crippen LogP contribution >= 0.6 is 0 Å². The number of benzene rings is 1. The van der Waals surface area contributed by atoms with E-state index in [1.807, 2.05) is 49.4 Å². The molecule has 1 heterocycles. The van der Waals surface area contributed by atoms with Crippen LogP contribution in [-0.4, -0.2) is 42.7 Å². The molecule has 36 heavy (non-hydrogen) atoms. The fraction of sp³-hybridized carbons (Fsp3) is 0.333. The van der Waals surface area contributed by atoms with Crippen molar-refractivity contribution >= 4 is 29.3 Å². The van der Waals surface area contributed by atoms with Crippen LogP contribution in [0.2, 0.25) is 0 Å². The van der Waals surface area contributed by atoms with Gasteiger partial charge in [0.15, 0.2) is 0 Å². The number of aliphatic imine (C=N–C) groups is 1. The highest BCUT2D eigenvalue weighted by atomic mass is 19.1. The zero-order valence-corrected chi connectivity index (χ0v) is 21.1. The molecule has 2 aliphatic carbocycles. The fourth-order valence-corrected chi connectivity index (χ4v) is 4.74. The lowest BCUT2D eigenvalue weighted by molar-refractivity contribution is -0.116. The normalized spacial score (nSPS) is 23.6. The number of ether oxygens (including phenoxy) is 1. The molecule has 4 rings (SSSR count). The van der Waals surface area contributed by atoms with Crippen LogP contribution in [-0.2, 0) is 4.79 Å². The number of fused-ring (bicyclic) bond motifs is 1. The van der Waals surface area contributed by atoms with E-state index in [9.17, 15) is 14.3 Å². The number of methoxy groups -OCH3 is 1. The second kappa shape index (κ2) is 10.6. The summed E-state index contributed by atoms with van der Waals surface area (Å²) in [6.45, 7) is 8.03. The summed E-state index contributed by atoms with van der Waals surface area (Å²) in [4.78, 5) is 17.5. The molecule has 0 aromatic heterocycles. The number of hydrogen-bond donors (Lipinski definition) is 2. The molecule has 0 saturated heterocycles. The Hall–Kier alpha value is -3.51. The Labute approximate surface area is 212 Å². The molecular weight excluding hydrogens is 455 g/mol. The van der Waals surface area contributed by atoms with Crippen LogP contribution in [0.3, 0.4) is 0 Å². The van der Waals surface area contributed by atoms with E-state index in [2.05, 4.69) is 16.9 Å². The van der Waals surface area contributed by atoms with Gasteiger partial charge in [0.05, 0.1) is 19.3 Å². The van der Waals surface area contributed by atoms with Gasteiger partial charge < -0.3 is 15.2 Å². The Kier molecular flexibility index (Phi) is 7.55. The molecule has 1 aromatic carbocycles. The maximum Gasteiger partial charge on any atom is 0.251 e. The minimum Gasteiger partial charge on any atom is -0.496 e. The molecule has 1 amide bonds. The number of carbonyl (C=O) groups excluding carboxylic acids is 1. The predicted molar refractivity (Wildman–Crippen MR) is 144 cm³/mol. The van der Waals surface area contributed by atoms with E-state index in [1.165, 1.54) is 6.92 Å². The number of rotatable bonds is 5. The molecule has 2 atom stereocenters. The average molecular weight is 489 g/mol. The number of amides is 1. The number of alkyl halides is 1. The summed E-state index contributed by atoms with van der Waals surface area (Å²) in [5.41, 5.74) is 5.54. The molecule has 6 heteroatoms. The first-order valence-corrected chi connectivity index (χ1v) is 12.3. The Morgan fingerprint density at radius 3 is 2.86 bits per heavy atom. The molecular formula is C30H33FN2O3. The van der Waals surface area contributed by atoms with Crippen molar-refractivity contribution in [1.82, 2.24) is 5.32 Å². The van der Waals surface area contributed by atoms with Crippen molar-refractivity contribution in [1.29, 1.82) is 0 Å². The van der Waals surface area contributed by atoms with Gasteiger partial charge >= 0.3 is 0 Å². The maximum atomic E-state index is 13.6. The van der Waals surface area contributed by atoms with Gasteiger partial charge in [0, 0.05) is 28.6 Å². The number of halogens is 1. The molecule has 3 aliphatic rings. The van der Waals surface area contributed by atoms with E-state index in [0.29, 0.717) is 49.2 Å². The third-order valence-electron chi connectivity index (χ3n) is 6.67. The monoisotopic (exact) mass is 488 g/mol. The van der Waals surface area contributed by atoms with E-state index < -0.39 is 11.8 Å². The van der Waals surface area contributed by atoms with Gasteiger partial charge in [-0.15, -0.1) is 0 Å². The summed E-state index contributed by atoms with van der Waals surface area (Å²) >= 11 is 0. The van der Waals surface area contributed by atoms with Crippen molar-refractivity contribution < 1.29 is 19.0 Å². The van der Waals surface area contributed by atoms with Crippen molar-refractivity contribution in [2.75, 3.05) is 13.7 Å². The second-order valence-electron chi connectivity index (χ2n) is 9.77. The van der Waals surface area contributed by atoms with Gasteiger partial charge in [-0.3, -0.25) is 9.79 Å². The van der Waals surface area contributed by atoms with Gasteiger partial charge in [-0.1, -0.05) is 18.7 Å². The van der Waals surface area contributed by atoms with E-state index in [0.717, 1.165) is 33.4 Å². The highest BCUT2D eigenvalue weighted by Crippen LogP contribution is 2.38. The predicted octanol–water partition coefficient (Wildman–Crippen LogP) is 5.74. The topological polar surface area (TPSA) is 70.9 Å². The highest BCUT2D eigenvalue weighted by Gasteiger charge is 2.25. The molecule has 0 radical (unpaired) electrons. The average Bonchev–Trinajstić information content (AvgIpc) is 3.11. The molecule has 1 aliphatic heterocycles. The van der Waals surface area contributed by atoms with Crippen LogP contribution < -0.4 is 10.1 Å². The van der Waals surface area contributed by atoms with E-state index >= 15 is 0 Å². The number of hydrogen-bond acceptors (Lipinski definition) is 4. The second-order valence-corrected chi connectivity index (χ2v) is 9.77. The van der Waals surface area contributed by atoms with Gasteiger partial charge in [-0.2, -0.15) is 0 Å². The number of nitrogens with zero attached hydrogens (tertiary/aromatic N) is 1. The number of nitrogens with one attached hydrogen (secondary N) is 1. The van der Waals surface area contributed by atoms with Crippen molar-refractivity contribution in [3.63, 3.8) is 0 Å². The molecule has 0 spiro atoms. The third-order valence-corrected chi connectivity index (χ3v) is 6.67. The van der Waals surface area contributed by atoms with Crippen molar-refractivity contribution in [3.05, 3.63) is 82.6 Å². The van der Waals surface area contributed by atoms with Gasteiger partial charge in [0.25, 0.3) is 5.91 Å². The van der Waals surface area contributed by atoms with Crippen LogP contribution in [0.25, 0.3) is 17.2 Å². The number of allylic oxidation sites excluding steroid dienone is 6. The summed E-state index contributed by atoms with van der Waals surface area (Å²) in [7, 11) is 1.61. The van der Waals surface area contributed by atoms with Crippen LogP contribution in [0.15, 0.2) is 70.9 Å². The SMILES string of the molecule is C=C1C=CC(NC(=O)C2=CCCC(C)(O)CC2)=Cc2c(OC)ccc(C3=C/C(=C\C(C)F)CN=C3)c21. The highest BCUT2D eigenvalue weighted by molar-refractivity contribution is 6.14. The van der Waals surface area contributed by atoms with E-state index in [1.54, 1.807) is 19.4 Å². The minimum absolute atomic E-state index is 0.176. The molecule has 0 fully saturated rings. The molecule has 0 saturated carbocycles. The van der Waals surface area contributed by atoms with Crippen LogP contribution in [0.5, 0.6) is 5.75 Å². The Bertz CT molecular complexity index is 1260. The van der Waals surface area contributed by atoms with Gasteiger partial charge in [0.2, 0.25) is 0 Å². The third kappa shape index (κ3) is 5.82. The van der Waals surface area contributed by atoms with Gasteiger partial charge in [0.1, 0.15) is 11.9 Å². The summed E-state index contributed by atoms with van der Waals surface area (Å²) in [5, 5.41) is 13.4. The largest absolute Gasteiger partial charge is 0.496 e. The number of aliphatic hydroxyl groups is 1. The van der Waals surface area contributed by atoms with E-state index in [-0.39, 0.29) is 5.91 Å². The lowest BCUT2D eigenvalue weighted by Gasteiger charge is -2.20. The first-order chi connectivity index (χ1) is 17.2. The van der Waals surface area contributed by atoms with Crippen LogP contribution in [0, 0.1) is 0 Å². The van der Waals surface area contributed by atoms with Crippen molar-refractivity contribution in [2.45, 2.75) is 51.3 Å². The zero-order chi connectivity index (χ0) is 25.9. The van der Waals surface area contributed by atoms with E-state index in [4.69, 9.17) is 4.74 Å². The number of carbonyl (C=O) groups is 1. The van der Waals surface area contributed by atoms with Gasteiger partial charge in [-0.05, 0) is 98.2 Å². The smallest absolute Gasteiger partial charge is 0.251 e. The van der Waals surface area contributed by atoms with Crippen LogP contribution in [0.1, 0.15) is 56.2 Å². The molecule has 188 valence electrons. The lowest BCUT2D eigenvalue weighted by atomic mass is 9.89. The summed E-state index contributed by atoms with van der Waals surface area (Å²) in [5.74, 6) is 0.474. The summed E-state index contributed by atoms with van der Waals surface area (Å²) < 4.78 is 19.3. The first kappa shape index (κ1) is 25.6. The summed E-state index contributed by atoms with van der Waals surface area (Å²) in [6, 6.07) is 3.83. The Balaban J connectivity index is 1.70.